The third kappa shape index (κ3) is 4.39. The van der Waals surface area contributed by atoms with Gasteiger partial charge in [0.1, 0.15) is 0 Å². The summed E-state index contributed by atoms with van der Waals surface area (Å²) in [5, 5.41) is 0. The van der Waals surface area contributed by atoms with E-state index in [-0.39, 0.29) is 6.04 Å². The fourth-order valence-electron chi connectivity index (χ4n) is 2.61. The molecule has 112 valence electrons. The number of rotatable bonds is 7. The Kier molecular flexibility index (Phi) is 5.93. The lowest BCUT2D eigenvalue weighted by Gasteiger charge is -2.27. The Morgan fingerprint density at radius 3 is 2.43 bits per heavy atom. The van der Waals surface area contributed by atoms with Crippen molar-refractivity contribution in [2.75, 3.05) is 20.7 Å². The van der Waals surface area contributed by atoms with Gasteiger partial charge in [0.05, 0.1) is 6.61 Å². The summed E-state index contributed by atoms with van der Waals surface area (Å²) in [6.07, 6.45) is 0. The maximum atomic E-state index is 6.01. The normalized spacial score (nSPS) is 12.6. The summed E-state index contributed by atoms with van der Waals surface area (Å²) in [5.41, 5.74) is 9.73. The Hall–Kier alpha value is -1.68. The first-order chi connectivity index (χ1) is 10.2. The molecular formula is C18H24N2O. The number of ether oxygens (including phenoxy) is 1. The van der Waals surface area contributed by atoms with Gasteiger partial charge in [-0.1, -0.05) is 54.6 Å². The van der Waals surface area contributed by atoms with E-state index in [2.05, 4.69) is 60.5 Å². The molecule has 0 aliphatic rings. The minimum atomic E-state index is 0.210. The molecule has 3 nitrogen and oxygen atoms in total. The first-order valence-electron chi connectivity index (χ1n) is 7.26. The fourth-order valence-corrected chi connectivity index (χ4v) is 2.61. The molecule has 1 unspecified atom stereocenters. The zero-order valence-corrected chi connectivity index (χ0v) is 12.8. The van der Waals surface area contributed by atoms with Crippen LogP contribution in [-0.2, 0) is 17.9 Å². The Morgan fingerprint density at radius 1 is 1.05 bits per heavy atom. The molecule has 0 aromatic heterocycles. The van der Waals surface area contributed by atoms with Crippen molar-refractivity contribution in [3.05, 3.63) is 71.3 Å². The number of hydrogen-bond acceptors (Lipinski definition) is 3. The molecule has 0 fully saturated rings. The first-order valence-corrected chi connectivity index (χ1v) is 7.26. The van der Waals surface area contributed by atoms with E-state index >= 15 is 0 Å². The largest absolute Gasteiger partial charge is 0.380 e. The van der Waals surface area contributed by atoms with Crippen molar-refractivity contribution in [1.82, 2.24) is 4.90 Å². The molecular weight excluding hydrogens is 260 g/mol. The summed E-state index contributed by atoms with van der Waals surface area (Å²) in [6.45, 7) is 2.12. The molecule has 1 atom stereocenters. The van der Waals surface area contributed by atoms with Crippen LogP contribution in [-0.4, -0.2) is 25.6 Å². The van der Waals surface area contributed by atoms with Gasteiger partial charge in [-0.3, -0.25) is 4.90 Å². The zero-order valence-electron chi connectivity index (χ0n) is 12.8. The minimum absolute atomic E-state index is 0.210. The second kappa shape index (κ2) is 7.93. The second-order valence-electron chi connectivity index (χ2n) is 5.33. The molecule has 2 aromatic rings. The van der Waals surface area contributed by atoms with Gasteiger partial charge in [-0.25, -0.2) is 0 Å². The van der Waals surface area contributed by atoms with Gasteiger partial charge in [-0.15, -0.1) is 0 Å². The van der Waals surface area contributed by atoms with Gasteiger partial charge < -0.3 is 10.5 Å². The van der Waals surface area contributed by atoms with Gasteiger partial charge in [-0.05, 0) is 23.7 Å². The third-order valence-electron chi connectivity index (χ3n) is 3.68. The second-order valence-corrected chi connectivity index (χ2v) is 5.33. The highest BCUT2D eigenvalue weighted by molar-refractivity contribution is 5.26. The van der Waals surface area contributed by atoms with Gasteiger partial charge in [-0.2, -0.15) is 0 Å². The molecule has 0 bridgehead atoms. The number of nitrogens with two attached hydrogens (primary N) is 1. The molecule has 0 amide bonds. The number of benzene rings is 2. The first kappa shape index (κ1) is 15.7. The van der Waals surface area contributed by atoms with Crippen molar-refractivity contribution in [2.45, 2.75) is 19.2 Å². The van der Waals surface area contributed by atoms with Crippen molar-refractivity contribution in [1.29, 1.82) is 0 Å². The summed E-state index contributed by atoms with van der Waals surface area (Å²) < 4.78 is 5.21. The lowest BCUT2D eigenvalue weighted by Crippen LogP contribution is -2.30. The molecule has 2 rings (SSSR count). The van der Waals surface area contributed by atoms with E-state index in [1.165, 1.54) is 16.7 Å². The standard InChI is InChI=1S/C18H24N2O/c1-20(13-15-7-4-3-5-8-15)18(12-19)17-10-6-9-16(11-17)14-21-2/h3-11,18H,12-14,19H2,1-2H3. The quantitative estimate of drug-likeness (QED) is 0.849. The van der Waals surface area contributed by atoms with Crippen molar-refractivity contribution in [2.24, 2.45) is 5.73 Å². The lowest BCUT2D eigenvalue weighted by molar-refractivity contribution is 0.184. The Bertz CT molecular complexity index is 542. The SMILES string of the molecule is COCc1cccc(C(CN)N(C)Cc2ccccc2)c1. The third-order valence-corrected chi connectivity index (χ3v) is 3.68. The maximum Gasteiger partial charge on any atom is 0.0713 e. The summed E-state index contributed by atoms with van der Waals surface area (Å²) in [4.78, 5) is 2.29. The van der Waals surface area contributed by atoms with Crippen LogP contribution in [0.15, 0.2) is 54.6 Å². The van der Waals surface area contributed by atoms with E-state index < -0.39 is 0 Å². The van der Waals surface area contributed by atoms with Crippen LogP contribution in [0.2, 0.25) is 0 Å². The minimum Gasteiger partial charge on any atom is -0.380 e. The average Bonchev–Trinajstić information content (AvgIpc) is 2.50. The van der Waals surface area contributed by atoms with Crippen LogP contribution in [0.25, 0.3) is 0 Å². The summed E-state index contributed by atoms with van der Waals surface area (Å²) in [6, 6.07) is 19.2. The number of hydrogen-bond donors (Lipinski definition) is 1. The Morgan fingerprint density at radius 2 is 1.76 bits per heavy atom. The van der Waals surface area contributed by atoms with Crippen LogP contribution in [0.3, 0.4) is 0 Å². The van der Waals surface area contributed by atoms with Crippen molar-refractivity contribution < 1.29 is 4.74 Å². The molecule has 0 saturated carbocycles. The topological polar surface area (TPSA) is 38.5 Å². The van der Waals surface area contributed by atoms with Gasteiger partial charge in [0.15, 0.2) is 0 Å². The van der Waals surface area contributed by atoms with Crippen LogP contribution >= 0.6 is 0 Å². The van der Waals surface area contributed by atoms with Gasteiger partial charge in [0.25, 0.3) is 0 Å². The van der Waals surface area contributed by atoms with Gasteiger partial charge >= 0.3 is 0 Å². The Balaban J connectivity index is 2.12. The molecule has 3 heteroatoms. The van der Waals surface area contributed by atoms with E-state index in [1.54, 1.807) is 7.11 Å². The van der Waals surface area contributed by atoms with E-state index in [9.17, 15) is 0 Å². The molecule has 2 aromatic carbocycles. The highest BCUT2D eigenvalue weighted by Crippen LogP contribution is 2.21. The molecule has 0 saturated heterocycles. The smallest absolute Gasteiger partial charge is 0.0713 e. The van der Waals surface area contributed by atoms with Crippen molar-refractivity contribution in [3.8, 4) is 0 Å². The van der Waals surface area contributed by atoms with Crippen LogP contribution in [0.5, 0.6) is 0 Å². The van der Waals surface area contributed by atoms with E-state index in [0.717, 1.165) is 6.54 Å². The highest BCUT2D eigenvalue weighted by atomic mass is 16.5. The van der Waals surface area contributed by atoms with E-state index in [0.29, 0.717) is 13.2 Å². The highest BCUT2D eigenvalue weighted by Gasteiger charge is 2.16. The summed E-state index contributed by atoms with van der Waals surface area (Å²) in [5.74, 6) is 0. The number of methoxy groups -OCH3 is 1. The van der Waals surface area contributed by atoms with Crippen LogP contribution < -0.4 is 5.73 Å². The predicted octanol–water partition coefficient (Wildman–Crippen LogP) is 2.96. The molecule has 21 heavy (non-hydrogen) atoms. The molecule has 0 spiro atoms. The van der Waals surface area contributed by atoms with Crippen LogP contribution in [0.1, 0.15) is 22.7 Å². The van der Waals surface area contributed by atoms with Crippen molar-refractivity contribution in [3.63, 3.8) is 0 Å². The zero-order chi connectivity index (χ0) is 15.1. The van der Waals surface area contributed by atoms with Crippen molar-refractivity contribution >= 4 is 0 Å². The summed E-state index contributed by atoms with van der Waals surface area (Å²) >= 11 is 0. The molecule has 0 aliphatic carbocycles. The average molecular weight is 284 g/mol. The predicted molar refractivity (Wildman–Crippen MR) is 86.9 cm³/mol. The Labute approximate surface area is 127 Å². The monoisotopic (exact) mass is 284 g/mol. The molecule has 0 aliphatic heterocycles. The van der Waals surface area contributed by atoms with E-state index in [1.807, 2.05) is 6.07 Å². The number of likely N-dealkylation sites (N-methyl/N-ethyl adjacent to an activating group) is 1. The summed E-state index contributed by atoms with van der Waals surface area (Å²) in [7, 11) is 3.84. The van der Waals surface area contributed by atoms with E-state index in [4.69, 9.17) is 10.5 Å². The van der Waals surface area contributed by atoms with Crippen LogP contribution in [0.4, 0.5) is 0 Å². The fraction of sp³-hybridized carbons (Fsp3) is 0.333. The number of nitrogens with zero attached hydrogens (tertiary/aromatic N) is 1. The maximum absolute atomic E-state index is 6.01. The molecule has 2 N–H and O–H groups in total. The van der Waals surface area contributed by atoms with Crippen LogP contribution in [0, 0.1) is 0 Å². The molecule has 0 heterocycles. The van der Waals surface area contributed by atoms with Gasteiger partial charge in [0.2, 0.25) is 0 Å². The lowest BCUT2D eigenvalue weighted by atomic mass is 10.0. The van der Waals surface area contributed by atoms with Gasteiger partial charge in [0, 0.05) is 26.2 Å². The molecule has 0 radical (unpaired) electrons.